The van der Waals surface area contributed by atoms with Crippen molar-refractivity contribution in [1.82, 2.24) is 9.97 Å². The second kappa shape index (κ2) is 8.53. The summed E-state index contributed by atoms with van der Waals surface area (Å²) in [6.07, 6.45) is 1.43. The lowest BCUT2D eigenvalue weighted by Crippen LogP contribution is -2.05. The van der Waals surface area contributed by atoms with Gasteiger partial charge >= 0.3 is 6.01 Å². The largest absolute Gasteiger partial charge is 0.497 e. The van der Waals surface area contributed by atoms with Crippen LogP contribution in [-0.4, -0.2) is 27.3 Å². The summed E-state index contributed by atoms with van der Waals surface area (Å²) in [6.45, 7) is 0. The lowest BCUT2D eigenvalue weighted by atomic mass is 9.86. The molecule has 0 aliphatic heterocycles. The molecule has 3 aromatic carbocycles. The van der Waals surface area contributed by atoms with E-state index in [1.54, 1.807) is 7.11 Å². The summed E-state index contributed by atoms with van der Waals surface area (Å²) in [7, 11) is 1.61. The molecule has 6 heteroatoms. The number of nitrogens with zero attached hydrogens (tertiary/aromatic N) is 2. The number of ether oxygens (including phenoxy) is 2. The Morgan fingerprint density at radius 3 is 1.87 bits per heavy atom. The first-order valence-electron chi connectivity index (χ1n) is 9.35. The molecule has 0 bridgehead atoms. The minimum absolute atomic E-state index is 0.270. The lowest BCUT2D eigenvalue weighted by Gasteiger charge is -2.19. The van der Waals surface area contributed by atoms with Crippen molar-refractivity contribution in [3.8, 4) is 29.1 Å². The van der Waals surface area contributed by atoms with Gasteiger partial charge in [-0.1, -0.05) is 42.5 Å². The fraction of sp³-hybridized carbons (Fsp3) is 0.0833. The number of para-hydroxylation sites is 1. The molecule has 0 saturated heterocycles. The molecular weight excluding hydrogens is 380 g/mol. The van der Waals surface area contributed by atoms with Crippen molar-refractivity contribution in [2.24, 2.45) is 0 Å². The summed E-state index contributed by atoms with van der Waals surface area (Å²) in [6, 6.07) is 24.2. The van der Waals surface area contributed by atoms with E-state index in [0.29, 0.717) is 11.3 Å². The van der Waals surface area contributed by atoms with Crippen LogP contribution in [-0.2, 0) is 0 Å². The van der Waals surface area contributed by atoms with Gasteiger partial charge in [-0.2, -0.15) is 4.98 Å². The van der Waals surface area contributed by atoms with Crippen molar-refractivity contribution in [1.29, 1.82) is 0 Å². The molecule has 1 unspecified atom stereocenters. The maximum Gasteiger partial charge on any atom is 0.317 e. The molecule has 30 heavy (non-hydrogen) atoms. The van der Waals surface area contributed by atoms with Crippen LogP contribution in [0.2, 0.25) is 0 Å². The summed E-state index contributed by atoms with van der Waals surface area (Å²) in [5, 5.41) is 19.9. The molecule has 6 nitrogen and oxygen atoms in total. The molecule has 4 rings (SSSR count). The van der Waals surface area contributed by atoms with Gasteiger partial charge in [-0.05, 0) is 47.5 Å². The van der Waals surface area contributed by atoms with Gasteiger partial charge < -0.3 is 19.7 Å². The Labute approximate surface area is 174 Å². The molecule has 4 aromatic rings. The van der Waals surface area contributed by atoms with Crippen molar-refractivity contribution in [2.45, 2.75) is 5.92 Å². The number of aromatic nitrogens is 2. The van der Waals surface area contributed by atoms with Crippen LogP contribution in [0.5, 0.6) is 29.1 Å². The van der Waals surface area contributed by atoms with E-state index in [2.05, 4.69) is 9.97 Å². The Morgan fingerprint density at radius 1 is 0.733 bits per heavy atom. The zero-order valence-corrected chi connectivity index (χ0v) is 16.3. The molecule has 2 N–H and O–H groups in total. The summed E-state index contributed by atoms with van der Waals surface area (Å²) in [4.78, 5) is 7.56. The predicted octanol–water partition coefficient (Wildman–Crippen LogP) is 4.87. The van der Waals surface area contributed by atoms with Crippen LogP contribution in [0.25, 0.3) is 0 Å². The number of hydrogen-bond donors (Lipinski definition) is 2. The summed E-state index contributed by atoms with van der Waals surface area (Å²) < 4.78 is 11.1. The van der Waals surface area contributed by atoms with Crippen molar-refractivity contribution in [3.63, 3.8) is 0 Å². The Balaban J connectivity index is 1.71. The number of benzene rings is 3. The van der Waals surface area contributed by atoms with Crippen molar-refractivity contribution < 1.29 is 19.7 Å². The summed E-state index contributed by atoms with van der Waals surface area (Å²) >= 11 is 0. The highest BCUT2D eigenvalue weighted by atomic mass is 16.5. The van der Waals surface area contributed by atoms with Gasteiger partial charge in [0.15, 0.2) is 0 Å². The Bertz CT molecular complexity index is 1110. The molecule has 0 fully saturated rings. The van der Waals surface area contributed by atoms with Gasteiger partial charge in [0.05, 0.1) is 7.11 Å². The molecule has 150 valence electrons. The van der Waals surface area contributed by atoms with Crippen molar-refractivity contribution in [2.75, 3.05) is 7.11 Å². The van der Waals surface area contributed by atoms with Crippen LogP contribution in [0.15, 0.2) is 85.1 Å². The molecular formula is C24H20N2O4. The fourth-order valence-corrected chi connectivity index (χ4v) is 3.28. The number of hydrogen-bond acceptors (Lipinski definition) is 6. The maximum atomic E-state index is 10.4. The van der Waals surface area contributed by atoms with Gasteiger partial charge in [0, 0.05) is 17.7 Å². The van der Waals surface area contributed by atoms with Crippen LogP contribution in [0.4, 0.5) is 0 Å². The van der Waals surface area contributed by atoms with Crippen LogP contribution >= 0.6 is 0 Å². The van der Waals surface area contributed by atoms with Crippen LogP contribution in [0, 0.1) is 0 Å². The minimum Gasteiger partial charge on any atom is -0.497 e. The van der Waals surface area contributed by atoms with Gasteiger partial charge in [0.1, 0.15) is 17.2 Å². The smallest absolute Gasteiger partial charge is 0.317 e. The third-order valence-electron chi connectivity index (χ3n) is 4.74. The normalized spacial score (nSPS) is 11.6. The second-order valence-electron chi connectivity index (χ2n) is 6.64. The minimum atomic E-state index is -0.476. The zero-order chi connectivity index (χ0) is 20.9. The average Bonchev–Trinajstić information content (AvgIpc) is 2.78. The third-order valence-corrected chi connectivity index (χ3v) is 4.74. The first-order valence-corrected chi connectivity index (χ1v) is 9.35. The van der Waals surface area contributed by atoms with Gasteiger partial charge in [0.2, 0.25) is 5.88 Å². The first kappa shape index (κ1) is 19.3. The van der Waals surface area contributed by atoms with Crippen LogP contribution in [0.1, 0.15) is 22.6 Å². The fourth-order valence-electron chi connectivity index (χ4n) is 3.28. The SMILES string of the molecule is COc1ccc(C(c2ccc(Oc3ccccc3)cc2)c2cnc(O)nc2O)cc1. The van der Waals surface area contributed by atoms with Crippen LogP contribution in [0.3, 0.4) is 0 Å². The van der Waals surface area contributed by atoms with Crippen molar-refractivity contribution in [3.05, 3.63) is 102 Å². The average molecular weight is 400 g/mol. The highest BCUT2D eigenvalue weighted by molar-refractivity contribution is 5.48. The van der Waals surface area contributed by atoms with E-state index in [4.69, 9.17) is 9.47 Å². The first-order chi connectivity index (χ1) is 14.6. The molecule has 0 aliphatic rings. The molecule has 0 saturated carbocycles. The molecule has 0 aliphatic carbocycles. The Kier molecular flexibility index (Phi) is 5.48. The van der Waals surface area contributed by atoms with Crippen molar-refractivity contribution >= 4 is 0 Å². The molecule has 1 aromatic heterocycles. The lowest BCUT2D eigenvalue weighted by molar-refractivity contribution is 0.392. The van der Waals surface area contributed by atoms with Gasteiger partial charge in [0.25, 0.3) is 0 Å². The maximum absolute atomic E-state index is 10.4. The molecule has 0 spiro atoms. The Hall–Kier alpha value is -4.06. The van der Waals surface area contributed by atoms with E-state index in [9.17, 15) is 10.2 Å². The van der Waals surface area contributed by atoms with E-state index in [-0.39, 0.29) is 11.8 Å². The van der Waals surface area contributed by atoms with E-state index in [0.717, 1.165) is 22.6 Å². The topological polar surface area (TPSA) is 84.7 Å². The van der Waals surface area contributed by atoms with E-state index in [1.165, 1.54) is 6.20 Å². The third kappa shape index (κ3) is 4.17. The highest BCUT2D eigenvalue weighted by Crippen LogP contribution is 2.37. The zero-order valence-electron chi connectivity index (χ0n) is 16.3. The summed E-state index contributed by atoms with van der Waals surface area (Å²) in [5.74, 6) is 1.57. The summed E-state index contributed by atoms with van der Waals surface area (Å²) in [5.41, 5.74) is 2.30. The number of aromatic hydroxyl groups is 2. The number of rotatable bonds is 6. The number of methoxy groups -OCH3 is 1. The predicted molar refractivity (Wildman–Crippen MR) is 112 cm³/mol. The standard InChI is InChI=1S/C24H20N2O4/c1-29-18-11-7-16(8-12-18)22(21-15-25-24(28)26-23(21)27)17-9-13-20(14-10-17)30-19-5-3-2-4-6-19/h2-15,22H,1H3,(H2,25,26,27,28). The van der Waals surface area contributed by atoms with Gasteiger partial charge in [-0.3, -0.25) is 0 Å². The van der Waals surface area contributed by atoms with E-state index in [1.807, 2.05) is 78.9 Å². The van der Waals surface area contributed by atoms with E-state index < -0.39 is 6.01 Å². The highest BCUT2D eigenvalue weighted by Gasteiger charge is 2.22. The van der Waals surface area contributed by atoms with Gasteiger partial charge in [-0.25, -0.2) is 4.98 Å². The van der Waals surface area contributed by atoms with Crippen LogP contribution < -0.4 is 9.47 Å². The quantitative estimate of drug-likeness (QED) is 0.480. The molecule has 0 amide bonds. The Morgan fingerprint density at radius 2 is 1.30 bits per heavy atom. The van der Waals surface area contributed by atoms with E-state index >= 15 is 0 Å². The second-order valence-corrected chi connectivity index (χ2v) is 6.64. The molecule has 0 radical (unpaired) electrons. The van der Waals surface area contributed by atoms with Gasteiger partial charge in [-0.15, -0.1) is 0 Å². The molecule has 1 atom stereocenters. The monoisotopic (exact) mass is 400 g/mol. The molecule has 1 heterocycles.